The molecule has 0 atom stereocenters. The molecule has 0 amide bonds. The molecule has 3 heterocycles. The van der Waals surface area contributed by atoms with Gasteiger partial charge in [-0.1, -0.05) is 31.2 Å². The minimum absolute atomic E-state index is 0.330. The number of ether oxygens (including phenoxy) is 2. The first-order chi connectivity index (χ1) is 12.4. The van der Waals surface area contributed by atoms with E-state index in [2.05, 4.69) is 29.6 Å². The van der Waals surface area contributed by atoms with Gasteiger partial charge in [0.1, 0.15) is 17.6 Å². The predicted octanol–water partition coefficient (Wildman–Crippen LogP) is 4.47. The Kier molecular flexibility index (Phi) is 5.60. The van der Waals surface area contributed by atoms with Gasteiger partial charge in [-0.3, -0.25) is 0 Å². The summed E-state index contributed by atoms with van der Waals surface area (Å²) in [6, 6.07) is 8.56. The molecule has 138 valence electrons. The lowest BCUT2D eigenvalue weighted by Crippen LogP contribution is -2.22. The third-order valence-corrected chi connectivity index (χ3v) is 5.91. The van der Waals surface area contributed by atoms with Crippen LogP contribution in [0.4, 0.5) is 0 Å². The molecule has 3 aromatic heterocycles. The Balaban J connectivity index is 1.95. The molecule has 0 aliphatic rings. The summed E-state index contributed by atoms with van der Waals surface area (Å²) >= 11 is 6.10. The summed E-state index contributed by atoms with van der Waals surface area (Å²) in [6.45, 7) is 8.02. The summed E-state index contributed by atoms with van der Waals surface area (Å²) in [6.07, 6.45) is 1.69. The van der Waals surface area contributed by atoms with E-state index in [1.807, 2.05) is 18.2 Å². The first kappa shape index (κ1) is 18.8. The van der Waals surface area contributed by atoms with Crippen molar-refractivity contribution in [2.75, 3.05) is 13.7 Å². The Morgan fingerprint density at radius 1 is 1.19 bits per heavy atom. The molecule has 8 heteroatoms. The SMILES string of the molecule is COc1ncccc1-c1nn(COCC[Si](C)(C)C)c2nc(Cl)ccc12. The van der Waals surface area contributed by atoms with Crippen LogP contribution in [0, 0.1) is 0 Å². The van der Waals surface area contributed by atoms with Gasteiger partial charge in [-0.05, 0) is 30.3 Å². The smallest absolute Gasteiger partial charge is 0.222 e. The van der Waals surface area contributed by atoms with Crippen LogP contribution in [0.15, 0.2) is 30.5 Å². The highest BCUT2D eigenvalue weighted by atomic mass is 35.5. The highest BCUT2D eigenvalue weighted by molar-refractivity contribution is 6.76. The van der Waals surface area contributed by atoms with Crippen molar-refractivity contribution in [2.45, 2.75) is 32.4 Å². The normalized spacial score (nSPS) is 11.9. The molecule has 3 rings (SSSR count). The minimum Gasteiger partial charge on any atom is -0.481 e. The van der Waals surface area contributed by atoms with Gasteiger partial charge < -0.3 is 9.47 Å². The van der Waals surface area contributed by atoms with E-state index in [1.165, 1.54) is 0 Å². The van der Waals surface area contributed by atoms with Gasteiger partial charge in [0.2, 0.25) is 5.88 Å². The molecule has 0 fully saturated rings. The summed E-state index contributed by atoms with van der Waals surface area (Å²) in [7, 11) is 0.463. The Morgan fingerprint density at radius 2 is 2.00 bits per heavy atom. The molecule has 0 aromatic carbocycles. The largest absolute Gasteiger partial charge is 0.481 e. The molecule has 0 saturated carbocycles. The van der Waals surface area contributed by atoms with E-state index in [1.54, 1.807) is 24.1 Å². The molecule has 0 radical (unpaired) electrons. The van der Waals surface area contributed by atoms with Crippen molar-refractivity contribution in [2.24, 2.45) is 0 Å². The zero-order valence-corrected chi connectivity index (χ0v) is 17.2. The number of methoxy groups -OCH3 is 1. The maximum absolute atomic E-state index is 6.10. The standard InChI is InChI=1S/C18H23ClN4O2Si/c1-24-18-14(6-5-9-20-18)16-13-7-8-15(19)21-17(13)23(22-16)12-25-10-11-26(2,3)4/h5-9H,10-12H2,1-4H3. The van der Waals surface area contributed by atoms with Crippen LogP contribution in [0.3, 0.4) is 0 Å². The van der Waals surface area contributed by atoms with E-state index < -0.39 is 8.07 Å². The number of fused-ring (bicyclic) bond motifs is 1. The molecule has 26 heavy (non-hydrogen) atoms. The van der Waals surface area contributed by atoms with E-state index in [-0.39, 0.29) is 0 Å². The minimum atomic E-state index is -1.13. The third-order valence-electron chi connectivity index (χ3n) is 3.99. The molecular weight excluding hydrogens is 368 g/mol. The third kappa shape index (κ3) is 4.23. The van der Waals surface area contributed by atoms with Crippen LogP contribution in [-0.2, 0) is 11.5 Å². The predicted molar refractivity (Wildman–Crippen MR) is 106 cm³/mol. The zero-order valence-electron chi connectivity index (χ0n) is 15.5. The lowest BCUT2D eigenvalue weighted by atomic mass is 10.1. The first-order valence-corrected chi connectivity index (χ1v) is 12.6. The molecule has 0 saturated heterocycles. The number of hydrogen-bond donors (Lipinski definition) is 0. The Hall–Kier alpha value is -1.96. The van der Waals surface area contributed by atoms with Crippen molar-refractivity contribution in [3.05, 3.63) is 35.6 Å². The molecule has 0 bridgehead atoms. The van der Waals surface area contributed by atoms with Gasteiger partial charge in [0.25, 0.3) is 0 Å². The maximum Gasteiger partial charge on any atom is 0.222 e. The number of rotatable bonds is 7. The molecule has 6 nitrogen and oxygen atoms in total. The summed E-state index contributed by atoms with van der Waals surface area (Å²) in [5, 5.41) is 6.01. The lowest BCUT2D eigenvalue weighted by molar-refractivity contribution is 0.0814. The van der Waals surface area contributed by atoms with Crippen molar-refractivity contribution >= 4 is 30.7 Å². The monoisotopic (exact) mass is 390 g/mol. The number of halogens is 1. The van der Waals surface area contributed by atoms with Crippen LogP contribution >= 0.6 is 11.6 Å². The Labute approximate surface area is 159 Å². The van der Waals surface area contributed by atoms with Crippen molar-refractivity contribution in [3.63, 3.8) is 0 Å². The van der Waals surface area contributed by atoms with Crippen molar-refractivity contribution in [1.82, 2.24) is 19.7 Å². The summed E-state index contributed by atoms with van der Waals surface area (Å²) in [5.41, 5.74) is 2.25. The second kappa shape index (κ2) is 7.73. The van der Waals surface area contributed by atoms with Crippen molar-refractivity contribution in [3.8, 4) is 17.1 Å². The van der Waals surface area contributed by atoms with Crippen LogP contribution in [-0.4, -0.2) is 41.5 Å². The Morgan fingerprint density at radius 3 is 2.73 bits per heavy atom. The number of pyridine rings is 2. The van der Waals surface area contributed by atoms with Crippen LogP contribution in [0.5, 0.6) is 5.88 Å². The number of hydrogen-bond acceptors (Lipinski definition) is 5. The summed E-state index contributed by atoms with van der Waals surface area (Å²) in [5.74, 6) is 0.522. The summed E-state index contributed by atoms with van der Waals surface area (Å²) < 4.78 is 13.0. The first-order valence-electron chi connectivity index (χ1n) is 8.49. The van der Waals surface area contributed by atoms with Crippen LogP contribution in [0.25, 0.3) is 22.3 Å². The average Bonchev–Trinajstić information content (AvgIpc) is 2.95. The number of nitrogens with zero attached hydrogens (tertiary/aromatic N) is 4. The van der Waals surface area contributed by atoms with Gasteiger partial charge in [0.15, 0.2) is 5.65 Å². The van der Waals surface area contributed by atoms with Gasteiger partial charge >= 0.3 is 0 Å². The molecular formula is C18H23ClN4O2Si. The highest BCUT2D eigenvalue weighted by Gasteiger charge is 2.18. The topological polar surface area (TPSA) is 62.1 Å². The van der Waals surface area contributed by atoms with E-state index in [0.29, 0.717) is 30.0 Å². The zero-order chi connectivity index (χ0) is 18.7. The molecule has 0 aliphatic heterocycles. The van der Waals surface area contributed by atoms with E-state index in [4.69, 9.17) is 26.2 Å². The molecule has 3 aromatic rings. The van der Waals surface area contributed by atoms with E-state index >= 15 is 0 Å². The quantitative estimate of drug-likeness (QED) is 0.338. The van der Waals surface area contributed by atoms with Gasteiger partial charge in [-0.15, -0.1) is 0 Å². The van der Waals surface area contributed by atoms with Crippen molar-refractivity contribution < 1.29 is 9.47 Å². The van der Waals surface area contributed by atoms with Gasteiger partial charge in [0, 0.05) is 26.3 Å². The molecule has 0 N–H and O–H groups in total. The highest BCUT2D eigenvalue weighted by Crippen LogP contribution is 2.32. The summed E-state index contributed by atoms with van der Waals surface area (Å²) in [4.78, 5) is 8.70. The van der Waals surface area contributed by atoms with Crippen molar-refractivity contribution in [1.29, 1.82) is 0 Å². The molecule has 0 unspecified atom stereocenters. The fourth-order valence-electron chi connectivity index (χ4n) is 2.58. The van der Waals surface area contributed by atoms with Gasteiger partial charge in [-0.25, -0.2) is 14.6 Å². The number of aromatic nitrogens is 4. The maximum atomic E-state index is 6.10. The van der Waals surface area contributed by atoms with Crippen LogP contribution in [0.2, 0.25) is 30.8 Å². The second-order valence-electron chi connectivity index (χ2n) is 7.26. The van der Waals surface area contributed by atoms with Crippen LogP contribution < -0.4 is 4.74 Å². The van der Waals surface area contributed by atoms with Gasteiger partial charge in [0.05, 0.1) is 12.7 Å². The lowest BCUT2D eigenvalue weighted by Gasteiger charge is -2.15. The average molecular weight is 391 g/mol. The molecule has 0 aliphatic carbocycles. The fourth-order valence-corrected chi connectivity index (χ4v) is 3.48. The van der Waals surface area contributed by atoms with E-state index in [9.17, 15) is 0 Å². The van der Waals surface area contributed by atoms with Gasteiger partial charge in [-0.2, -0.15) is 5.10 Å². The van der Waals surface area contributed by atoms with E-state index in [0.717, 1.165) is 22.7 Å². The molecule has 0 spiro atoms. The van der Waals surface area contributed by atoms with Crippen LogP contribution in [0.1, 0.15) is 0 Å². The fraction of sp³-hybridized carbons (Fsp3) is 0.389. The Bertz CT molecular complexity index is 908. The second-order valence-corrected chi connectivity index (χ2v) is 13.3.